The number of rotatable bonds is 58. The molecule has 3 atom stereocenters. The lowest BCUT2D eigenvalue weighted by molar-refractivity contribution is -0.870. The van der Waals surface area contributed by atoms with Crippen molar-refractivity contribution in [1.82, 2.24) is 5.32 Å². The van der Waals surface area contributed by atoms with Gasteiger partial charge in [-0.15, -0.1) is 0 Å². The van der Waals surface area contributed by atoms with E-state index in [-0.39, 0.29) is 19.1 Å². The molecule has 0 saturated heterocycles. The summed E-state index contributed by atoms with van der Waals surface area (Å²) >= 11 is 0. The van der Waals surface area contributed by atoms with Crippen LogP contribution in [-0.4, -0.2) is 68.5 Å². The van der Waals surface area contributed by atoms with Crippen molar-refractivity contribution in [2.75, 3.05) is 40.9 Å². The molecule has 0 fully saturated rings. The molecule has 0 aliphatic heterocycles. The standard InChI is InChI=1S/C62H123N2O6P/c1-6-8-10-12-14-16-18-20-22-23-24-25-26-27-28-29-30-31-32-33-34-35-36-37-38-39-40-41-42-44-46-48-50-52-54-56-62(66)63-60(59-70-71(67,68)69-58-57-64(3,4)5)61(65)55-53-51-49-47-45-43-21-19-17-15-13-11-9-7-2/h29-30,53,55,60-61,65H,6-28,31-52,54,56-59H2,1-5H3,(H-,63,66,67,68)/b30-29-,55-53+. The Hall–Kier alpha value is -1.02. The van der Waals surface area contributed by atoms with Crippen LogP contribution in [0.1, 0.15) is 316 Å². The Morgan fingerprint density at radius 1 is 0.479 bits per heavy atom. The van der Waals surface area contributed by atoms with Gasteiger partial charge in [0.25, 0.3) is 7.82 Å². The first-order valence-electron chi connectivity index (χ1n) is 31.2. The van der Waals surface area contributed by atoms with Gasteiger partial charge in [-0.2, -0.15) is 0 Å². The van der Waals surface area contributed by atoms with Gasteiger partial charge >= 0.3 is 0 Å². The topological polar surface area (TPSA) is 108 Å². The lowest BCUT2D eigenvalue weighted by Crippen LogP contribution is -2.45. The minimum absolute atomic E-state index is 0.00131. The Bertz CT molecular complexity index is 1210. The molecule has 2 N–H and O–H groups in total. The smallest absolute Gasteiger partial charge is 0.268 e. The summed E-state index contributed by atoms with van der Waals surface area (Å²) in [5.74, 6) is -0.192. The van der Waals surface area contributed by atoms with E-state index in [4.69, 9.17) is 9.05 Å². The first kappa shape index (κ1) is 70.0. The van der Waals surface area contributed by atoms with Gasteiger partial charge in [0.05, 0.1) is 39.9 Å². The van der Waals surface area contributed by atoms with Crippen molar-refractivity contribution >= 4 is 13.7 Å². The number of carbonyl (C=O) groups is 1. The molecule has 0 aliphatic carbocycles. The molecule has 0 heterocycles. The summed E-state index contributed by atoms with van der Waals surface area (Å²) in [7, 11) is 1.27. The minimum atomic E-state index is -4.59. The highest BCUT2D eigenvalue weighted by Crippen LogP contribution is 2.38. The average Bonchev–Trinajstić information content (AvgIpc) is 3.33. The summed E-state index contributed by atoms with van der Waals surface area (Å²) in [5.41, 5.74) is 0. The van der Waals surface area contributed by atoms with Gasteiger partial charge < -0.3 is 28.8 Å². The van der Waals surface area contributed by atoms with E-state index in [0.717, 1.165) is 38.5 Å². The van der Waals surface area contributed by atoms with Crippen LogP contribution in [0.5, 0.6) is 0 Å². The molecule has 0 rings (SSSR count). The summed E-state index contributed by atoms with van der Waals surface area (Å²) in [5, 5.41) is 13.9. The number of hydrogen-bond donors (Lipinski definition) is 2. The molecule has 0 bridgehead atoms. The Morgan fingerprint density at radius 3 is 1.10 bits per heavy atom. The van der Waals surface area contributed by atoms with Crippen molar-refractivity contribution in [2.24, 2.45) is 0 Å². The molecule has 422 valence electrons. The van der Waals surface area contributed by atoms with E-state index in [1.807, 2.05) is 27.2 Å². The van der Waals surface area contributed by atoms with Gasteiger partial charge in [0.2, 0.25) is 5.91 Å². The van der Waals surface area contributed by atoms with E-state index in [9.17, 15) is 19.4 Å². The molecule has 0 spiro atoms. The Kier molecular flexibility index (Phi) is 53.0. The molecule has 0 aromatic rings. The third-order valence-corrected chi connectivity index (χ3v) is 15.4. The second-order valence-corrected chi connectivity index (χ2v) is 24.2. The maximum atomic E-state index is 13.0. The zero-order valence-electron chi connectivity index (χ0n) is 48.2. The number of nitrogens with zero attached hydrogens (tertiary/aromatic N) is 1. The van der Waals surface area contributed by atoms with Crippen molar-refractivity contribution in [3.8, 4) is 0 Å². The van der Waals surface area contributed by atoms with E-state index in [1.165, 1.54) is 257 Å². The maximum Gasteiger partial charge on any atom is 0.268 e. The average molecular weight is 1020 g/mol. The number of unbranched alkanes of at least 4 members (excludes halogenated alkanes) is 43. The highest BCUT2D eigenvalue weighted by atomic mass is 31.2. The van der Waals surface area contributed by atoms with E-state index in [1.54, 1.807) is 6.08 Å². The lowest BCUT2D eigenvalue weighted by atomic mass is 10.0. The van der Waals surface area contributed by atoms with Crippen molar-refractivity contribution in [3.63, 3.8) is 0 Å². The number of nitrogens with one attached hydrogen (secondary N) is 1. The maximum absolute atomic E-state index is 13.0. The van der Waals surface area contributed by atoms with E-state index < -0.39 is 20.0 Å². The summed E-state index contributed by atoms with van der Waals surface area (Å²) in [6.45, 7) is 4.68. The Morgan fingerprint density at radius 2 is 0.775 bits per heavy atom. The lowest BCUT2D eigenvalue weighted by Gasteiger charge is -2.29. The van der Waals surface area contributed by atoms with Crippen LogP contribution in [-0.2, 0) is 18.4 Å². The summed E-state index contributed by atoms with van der Waals surface area (Å²) in [4.78, 5) is 25.5. The number of carbonyl (C=O) groups excluding carboxylic acids is 1. The zero-order valence-corrected chi connectivity index (χ0v) is 49.1. The molecule has 9 heteroatoms. The first-order valence-corrected chi connectivity index (χ1v) is 32.7. The SMILES string of the molecule is CCCCCCCCCCCCCC/C=C/C(O)C(COP(=O)([O-])OCC[N+](C)(C)C)NC(=O)CCCCCCCCCCCCCCCCCCC/C=C\CCCCCCCCCCCCCCCC. The number of likely N-dealkylation sites (N-methyl/N-ethyl adjacent to an activating group) is 1. The molecular formula is C62H123N2O6P. The van der Waals surface area contributed by atoms with Crippen LogP contribution in [0.2, 0.25) is 0 Å². The third-order valence-electron chi connectivity index (χ3n) is 14.4. The molecule has 0 aromatic heterocycles. The van der Waals surface area contributed by atoms with Crippen LogP contribution in [0.25, 0.3) is 0 Å². The van der Waals surface area contributed by atoms with Gasteiger partial charge in [-0.25, -0.2) is 0 Å². The fraction of sp³-hybridized carbons (Fsp3) is 0.919. The number of aliphatic hydroxyl groups is 1. The van der Waals surface area contributed by atoms with Crippen molar-refractivity contribution < 1.29 is 32.9 Å². The summed E-state index contributed by atoms with van der Waals surface area (Å²) < 4.78 is 23.3. The van der Waals surface area contributed by atoms with Gasteiger partial charge in [-0.05, 0) is 44.9 Å². The molecule has 1 amide bonds. The van der Waals surface area contributed by atoms with Crippen LogP contribution < -0.4 is 10.2 Å². The summed E-state index contributed by atoms with van der Waals surface area (Å²) in [6, 6.07) is -0.883. The van der Waals surface area contributed by atoms with Crippen molar-refractivity contribution in [1.29, 1.82) is 0 Å². The molecular weight excluding hydrogens is 900 g/mol. The van der Waals surface area contributed by atoms with Gasteiger partial charge in [-0.3, -0.25) is 9.36 Å². The normalized spacial score (nSPS) is 14.0. The van der Waals surface area contributed by atoms with Gasteiger partial charge in [0.1, 0.15) is 13.2 Å². The largest absolute Gasteiger partial charge is 0.756 e. The molecule has 0 aliphatic rings. The van der Waals surface area contributed by atoms with Crippen LogP contribution in [0, 0.1) is 0 Å². The number of amides is 1. The van der Waals surface area contributed by atoms with Crippen molar-refractivity contribution in [2.45, 2.75) is 328 Å². The second-order valence-electron chi connectivity index (χ2n) is 22.8. The predicted molar refractivity (Wildman–Crippen MR) is 307 cm³/mol. The monoisotopic (exact) mass is 1020 g/mol. The fourth-order valence-electron chi connectivity index (χ4n) is 9.50. The molecule has 0 radical (unpaired) electrons. The van der Waals surface area contributed by atoms with E-state index in [0.29, 0.717) is 17.4 Å². The number of phosphoric ester groups is 1. The van der Waals surface area contributed by atoms with E-state index >= 15 is 0 Å². The molecule has 71 heavy (non-hydrogen) atoms. The van der Waals surface area contributed by atoms with Crippen LogP contribution in [0.4, 0.5) is 0 Å². The Labute approximate surface area is 443 Å². The highest BCUT2D eigenvalue weighted by molar-refractivity contribution is 7.45. The van der Waals surface area contributed by atoms with Gasteiger partial charge in [0, 0.05) is 6.42 Å². The molecule has 0 saturated carbocycles. The number of allylic oxidation sites excluding steroid dienone is 3. The molecule has 0 aromatic carbocycles. The number of quaternary nitrogens is 1. The minimum Gasteiger partial charge on any atom is -0.756 e. The predicted octanol–water partition coefficient (Wildman–Crippen LogP) is 18.5. The molecule has 8 nitrogen and oxygen atoms in total. The second kappa shape index (κ2) is 53.8. The van der Waals surface area contributed by atoms with E-state index in [2.05, 4.69) is 31.3 Å². The zero-order chi connectivity index (χ0) is 52.0. The van der Waals surface area contributed by atoms with Crippen LogP contribution in [0.3, 0.4) is 0 Å². The van der Waals surface area contributed by atoms with Gasteiger partial charge in [-0.1, -0.05) is 289 Å². The highest BCUT2D eigenvalue weighted by Gasteiger charge is 2.23. The summed E-state index contributed by atoms with van der Waals surface area (Å²) in [6.07, 6.45) is 68.6. The van der Waals surface area contributed by atoms with Crippen LogP contribution in [0.15, 0.2) is 24.3 Å². The van der Waals surface area contributed by atoms with Crippen LogP contribution >= 0.6 is 7.82 Å². The number of hydrogen-bond acceptors (Lipinski definition) is 6. The third kappa shape index (κ3) is 56.5. The fourth-order valence-corrected chi connectivity index (χ4v) is 10.2. The molecule has 3 unspecified atom stereocenters. The number of phosphoric acid groups is 1. The first-order chi connectivity index (χ1) is 34.5. The quantitative estimate of drug-likeness (QED) is 0.0272. The number of aliphatic hydroxyl groups excluding tert-OH is 1. The van der Waals surface area contributed by atoms with Gasteiger partial charge in [0.15, 0.2) is 0 Å². The Balaban J connectivity index is 3.95. The van der Waals surface area contributed by atoms with Crippen molar-refractivity contribution in [3.05, 3.63) is 24.3 Å².